The summed E-state index contributed by atoms with van der Waals surface area (Å²) in [6.07, 6.45) is 0.335. The number of carbonyl (C=O) groups excluding carboxylic acids is 4. The first-order valence-corrected chi connectivity index (χ1v) is 17.0. The van der Waals surface area contributed by atoms with Gasteiger partial charge in [-0.05, 0) is 92.7 Å². The number of nitrogens with one attached hydrogen (secondary N) is 2. The maximum atomic E-state index is 14.6. The van der Waals surface area contributed by atoms with E-state index in [-0.39, 0.29) is 39.8 Å². The van der Waals surface area contributed by atoms with Crippen LogP contribution in [0.4, 0.5) is 8.78 Å². The highest BCUT2D eigenvalue weighted by Crippen LogP contribution is 2.34. The van der Waals surface area contributed by atoms with Crippen LogP contribution in [-0.2, 0) is 23.9 Å². The molecule has 0 fully saturated rings. The summed E-state index contributed by atoms with van der Waals surface area (Å²) < 4.78 is 46.3. The lowest BCUT2D eigenvalue weighted by Crippen LogP contribution is -2.32. The predicted octanol–water partition coefficient (Wildman–Crippen LogP) is 7.44. The Balaban J connectivity index is 0.000000305. The van der Waals surface area contributed by atoms with Crippen LogP contribution in [0.15, 0.2) is 101 Å². The third kappa shape index (κ3) is 14.3. The van der Waals surface area contributed by atoms with Crippen LogP contribution in [0.2, 0.25) is 10.0 Å². The van der Waals surface area contributed by atoms with Gasteiger partial charge < -0.3 is 30.0 Å². The molecule has 0 radical (unpaired) electrons. The Labute approximate surface area is 332 Å². The van der Waals surface area contributed by atoms with Gasteiger partial charge in [-0.2, -0.15) is 0 Å². The zero-order valence-corrected chi connectivity index (χ0v) is 32.8. The number of halogens is 4. The largest absolute Gasteiger partial charge is 0.497 e. The van der Waals surface area contributed by atoms with E-state index in [1.165, 1.54) is 45.4 Å². The summed E-state index contributed by atoms with van der Waals surface area (Å²) in [6.45, 7) is 3.07. The number of hydrogen-bond acceptors (Lipinski definition) is 11. The van der Waals surface area contributed by atoms with Gasteiger partial charge in [0.05, 0.1) is 39.6 Å². The van der Waals surface area contributed by atoms with Crippen molar-refractivity contribution in [3.8, 4) is 11.5 Å². The number of methoxy groups -OCH3 is 4. The van der Waals surface area contributed by atoms with Crippen molar-refractivity contribution in [2.45, 2.75) is 26.3 Å². The maximum absolute atomic E-state index is 14.6. The topological polar surface area (TPSA) is 179 Å². The van der Waals surface area contributed by atoms with E-state index in [9.17, 15) is 28.0 Å². The Kier molecular flexibility index (Phi) is 18.9. The molecule has 1 aliphatic rings. The van der Waals surface area contributed by atoms with Crippen LogP contribution in [0.5, 0.6) is 11.5 Å². The highest BCUT2D eigenvalue weighted by atomic mass is 35.5. The van der Waals surface area contributed by atoms with Crippen molar-refractivity contribution in [3.05, 3.63) is 140 Å². The molecule has 4 aromatic carbocycles. The molecule has 0 spiro atoms. The van der Waals surface area contributed by atoms with Gasteiger partial charge in [-0.25, -0.2) is 13.6 Å². The molecule has 56 heavy (non-hydrogen) atoms. The van der Waals surface area contributed by atoms with Crippen LogP contribution in [0.1, 0.15) is 53.4 Å². The monoisotopic (exact) mass is 812 g/mol. The van der Waals surface area contributed by atoms with Crippen molar-refractivity contribution in [1.82, 2.24) is 5.32 Å². The van der Waals surface area contributed by atoms with Crippen LogP contribution in [0.25, 0.3) is 0 Å². The van der Waals surface area contributed by atoms with Gasteiger partial charge in [0.2, 0.25) is 0 Å². The van der Waals surface area contributed by atoms with Crippen molar-refractivity contribution < 1.29 is 46.9 Å². The lowest BCUT2D eigenvalue weighted by atomic mass is 9.95. The second-order valence-corrected chi connectivity index (χ2v) is 12.2. The van der Waals surface area contributed by atoms with E-state index in [0.717, 1.165) is 17.4 Å². The standard InChI is InChI=1S/C20H18ClFN2O3.C8H10N2O.C7H4ClFO.C5H8O3/c1-11-17(20(25)27-3)18(15-9-6-13(21)10-16(15)22)24-19(23-11)12-4-7-14(26-2)8-5-12;1-11-7-4-2-6(3-5-7)8(9)10;8-6-2-1-5(4-10)7(9)3-6;1-4(6)3-5(7)8-2/h4-10,18H,1-3H3,(H,23,24);2-5H,1H3,(H3,9,10);1-4H;3H2,1-2H3. The first-order chi connectivity index (χ1) is 26.6. The lowest BCUT2D eigenvalue weighted by molar-refractivity contribution is -0.143. The Bertz CT molecular complexity index is 2080. The summed E-state index contributed by atoms with van der Waals surface area (Å²) in [6, 6.07) is 21.7. The summed E-state index contributed by atoms with van der Waals surface area (Å²) in [5.74, 6) is -0.266. The summed E-state index contributed by atoms with van der Waals surface area (Å²) in [5.41, 5.74) is 7.80. The van der Waals surface area contributed by atoms with E-state index in [1.54, 1.807) is 63.6 Å². The van der Waals surface area contributed by atoms with Crippen LogP contribution < -0.4 is 20.5 Å². The third-order valence-electron chi connectivity index (χ3n) is 7.38. The van der Waals surface area contributed by atoms with Gasteiger partial charge in [0.1, 0.15) is 53.1 Å². The Morgan fingerprint density at radius 3 is 1.80 bits per heavy atom. The highest BCUT2D eigenvalue weighted by Gasteiger charge is 2.32. The number of esters is 2. The molecule has 0 aliphatic carbocycles. The third-order valence-corrected chi connectivity index (χ3v) is 7.85. The van der Waals surface area contributed by atoms with Crippen molar-refractivity contribution >= 4 is 58.9 Å². The number of amidine groups is 2. The number of Topliss-reactive ketones (excluding diaryl/α,β-unsaturated/α-hetero) is 1. The zero-order chi connectivity index (χ0) is 41.9. The number of aliphatic imine (C=N–C) groups is 1. The average Bonchev–Trinajstić information content (AvgIpc) is 3.18. The molecule has 0 saturated carbocycles. The normalized spacial score (nSPS) is 12.6. The highest BCUT2D eigenvalue weighted by molar-refractivity contribution is 6.30. The van der Waals surface area contributed by atoms with Gasteiger partial charge in [0.15, 0.2) is 6.29 Å². The molecular formula is C40H40Cl2F2N4O8. The molecule has 0 aromatic heterocycles. The Morgan fingerprint density at radius 2 is 1.38 bits per heavy atom. The smallest absolute Gasteiger partial charge is 0.338 e. The summed E-state index contributed by atoms with van der Waals surface area (Å²) >= 11 is 11.3. The van der Waals surface area contributed by atoms with Gasteiger partial charge in [0.25, 0.3) is 0 Å². The second kappa shape index (κ2) is 22.9. The first kappa shape index (κ1) is 46.0. The fourth-order valence-corrected chi connectivity index (χ4v) is 4.86. The SMILES string of the molecule is COC(=O)C1=C(C)NC(c2ccc(OC)cc2)=NC1c1ccc(Cl)cc1F.COC(=O)CC(C)=O.COc1ccc(C(=N)N)cc1.O=Cc1ccc(Cl)cc1F. The molecule has 296 valence electrons. The van der Waals surface area contributed by atoms with Gasteiger partial charge in [0, 0.05) is 32.4 Å². The molecule has 0 amide bonds. The molecule has 1 unspecified atom stereocenters. The van der Waals surface area contributed by atoms with Crippen LogP contribution in [0, 0.1) is 17.0 Å². The van der Waals surface area contributed by atoms with Crippen molar-refractivity contribution in [1.29, 1.82) is 5.41 Å². The molecular weight excluding hydrogens is 773 g/mol. The summed E-state index contributed by atoms with van der Waals surface area (Å²) in [7, 11) is 5.72. The van der Waals surface area contributed by atoms with Crippen LogP contribution in [-0.4, -0.2) is 64.1 Å². The number of rotatable bonds is 9. The number of carbonyl (C=O) groups is 4. The minimum Gasteiger partial charge on any atom is -0.497 e. The van der Waals surface area contributed by atoms with Gasteiger partial charge in [-0.15, -0.1) is 0 Å². The molecule has 4 N–H and O–H groups in total. The molecule has 16 heteroatoms. The number of allylic oxidation sites excluding steroid dienone is 1. The van der Waals surface area contributed by atoms with E-state index in [4.69, 9.17) is 48.6 Å². The number of aldehydes is 1. The van der Waals surface area contributed by atoms with E-state index in [0.29, 0.717) is 34.2 Å². The van der Waals surface area contributed by atoms with Crippen molar-refractivity contribution in [2.24, 2.45) is 10.7 Å². The fourth-order valence-electron chi connectivity index (χ4n) is 4.54. The van der Waals surface area contributed by atoms with E-state index < -0.39 is 29.6 Å². The second-order valence-electron chi connectivity index (χ2n) is 11.3. The van der Waals surface area contributed by atoms with Gasteiger partial charge in [-0.3, -0.25) is 24.8 Å². The van der Waals surface area contributed by atoms with E-state index in [2.05, 4.69) is 15.0 Å². The number of ether oxygens (including phenoxy) is 4. The fraction of sp³-hybridized carbons (Fsp3) is 0.200. The molecule has 4 aromatic rings. The van der Waals surface area contributed by atoms with Crippen LogP contribution >= 0.6 is 23.2 Å². The zero-order valence-electron chi connectivity index (χ0n) is 31.2. The molecule has 1 aliphatic heterocycles. The molecule has 12 nitrogen and oxygen atoms in total. The van der Waals surface area contributed by atoms with Crippen molar-refractivity contribution in [3.63, 3.8) is 0 Å². The van der Waals surface area contributed by atoms with Gasteiger partial charge in [-0.1, -0.05) is 29.3 Å². The number of benzene rings is 4. The summed E-state index contributed by atoms with van der Waals surface area (Å²) in [5, 5.41) is 10.8. The summed E-state index contributed by atoms with van der Waals surface area (Å²) in [4.78, 5) is 47.3. The number of hydrogen-bond donors (Lipinski definition) is 3. The Morgan fingerprint density at radius 1 is 0.839 bits per heavy atom. The minimum absolute atomic E-state index is 0.0319. The number of nitrogens with zero attached hydrogens (tertiary/aromatic N) is 1. The van der Waals surface area contributed by atoms with E-state index >= 15 is 0 Å². The molecule has 1 heterocycles. The number of nitrogens with two attached hydrogens (primary N) is 1. The Hall–Kier alpha value is -6.12. The lowest BCUT2D eigenvalue weighted by Gasteiger charge is -2.26. The first-order valence-electron chi connectivity index (χ1n) is 16.3. The van der Waals surface area contributed by atoms with E-state index in [1.807, 2.05) is 12.1 Å². The number of nitrogen functional groups attached to an aromatic ring is 1. The molecule has 1 atom stereocenters. The molecule has 0 saturated heterocycles. The van der Waals surface area contributed by atoms with Crippen molar-refractivity contribution in [2.75, 3.05) is 28.4 Å². The minimum atomic E-state index is -0.854. The maximum Gasteiger partial charge on any atom is 0.338 e. The quantitative estimate of drug-likeness (QED) is 0.0506. The van der Waals surface area contributed by atoms with Gasteiger partial charge >= 0.3 is 11.9 Å². The molecule has 0 bridgehead atoms. The van der Waals surface area contributed by atoms with Crippen LogP contribution in [0.3, 0.4) is 0 Å². The number of ketones is 1. The molecule has 5 rings (SSSR count). The average molecular weight is 814 g/mol. The predicted molar refractivity (Wildman–Crippen MR) is 210 cm³/mol.